The number of hydrogen-bond acceptors (Lipinski definition) is 6. The minimum Gasteiger partial charge on any atom is -0.339 e. The van der Waals surface area contributed by atoms with E-state index >= 15 is 0 Å². The highest BCUT2D eigenvalue weighted by molar-refractivity contribution is 7.93. The second-order valence-corrected chi connectivity index (χ2v) is 10.5. The SMILES string of the molecule is O=C(Cc1ccccc1F)N1CC2(C1)C(c1nc(-c3ccccc3)no1)CCS2(=O)=O. The van der Waals surface area contributed by atoms with Crippen LogP contribution in [0.1, 0.15) is 23.8 Å². The summed E-state index contributed by atoms with van der Waals surface area (Å²) in [6.45, 7) is 0.104. The monoisotopic (exact) mass is 441 g/mol. The van der Waals surface area contributed by atoms with Gasteiger partial charge in [0.05, 0.1) is 18.1 Å². The number of hydrogen-bond donors (Lipinski definition) is 0. The maximum atomic E-state index is 13.9. The summed E-state index contributed by atoms with van der Waals surface area (Å²) in [5, 5.41) is 4.02. The summed E-state index contributed by atoms with van der Waals surface area (Å²) in [7, 11) is -3.45. The summed E-state index contributed by atoms with van der Waals surface area (Å²) >= 11 is 0. The standard InChI is InChI=1S/C22H20FN3O4S/c23-18-9-5-4-8-16(18)12-19(27)26-13-22(14-26)17(10-11-31(22,28)29)21-24-20(25-30-21)15-6-2-1-3-7-15/h1-9,17H,10-14H2. The van der Waals surface area contributed by atoms with E-state index in [0.717, 1.165) is 5.56 Å². The third-order valence-corrected chi connectivity index (χ3v) is 8.83. The molecule has 1 amide bonds. The Morgan fingerprint density at radius 1 is 1.13 bits per heavy atom. The fourth-order valence-electron chi connectivity index (χ4n) is 4.50. The summed E-state index contributed by atoms with van der Waals surface area (Å²) in [6.07, 6.45) is 0.264. The van der Waals surface area contributed by atoms with Gasteiger partial charge in [0.1, 0.15) is 10.6 Å². The van der Waals surface area contributed by atoms with Crippen LogP contribution in [0.5, 0.6) is 0 Å². The van der Waals surface area contributed by atoms with E-state index in [4.69, 9.17) is 4.52 Å². The normalized spacial score (nSPS) is 21.2. The predicted octanol–water partition coefficient (Wildman–Crippen LogP) is 2.60. The van der Waals surface area contributed by atoms with Crippen LogP contribution in [0, 0.1) is 5.82 Å². The third kappa shape index (κ3) is 3.23. The van der Waals surface area contributed by atoms with Gasteiger partial charge in [-0.15, -0.1) is 0 Å². The Morgan fingerprint density at radius 2 is 1.84 bits per heavy atom. The Labute approximate surface area is 178 Å². The van der Waals surface area contributed by atoms with E-state index in [-0.39, 0.29) is 37.1 Å². The number of halogens is 1. The molecule has 2 aliphatic heterocycles. The summed E-state index contributed by atoms with van der Waals surface area (Å²) in [6, 6.07) is 15.4. The van der Waals surface area contributed by atoms with Crippen molar-refractivity contribution < 1.29 is 22.1 Å². The molecule has 0 N–H and O–H groups in total. The van der Waals surface area contributed by atoms with Crippen LogP contribution in [0.4, 0.5) is 4.39 Å². The van der Waals surface area contributed by atoms with Crippen molar-refractivity contribution in [3.05, 3.63) is 71.9 Å². The zero-order valence-corrected chi connectivity index (χ0v) is 17.4. The van der Waals surface area contributed by atoms with E-state index in [1.165, 1.54) is 11.0 Å². The molecule has 1 spiro atoms. The fourth-order valence-corrected chi connectivity index (χ4v) is 6.81. The maximum absolute atomic E-state index is 13.9. The zero-order chi connectivity index (χ0) is 21.6. The molecule has 1 unspecified atom stereocenters. The number of sulfone groups is 1. The molecule has 5 rings (SSSR count). The van der Waals surface area contributed by atoms with E-state index in [0.29, 0.717) is 17.8 Å². The number of aromatic nitrogens is 2. The Balaban J connectivity index is 1.36. The van der Waals surface area contributed by atoms with Gasteiger partial charge in [0, 0.05) is 18.7 Å². The molecule has 0 radical (unpaired) electrons. The molecule has 160 valence electrons. The molecular formula is C22H20FN3O4S. The number of rotatable bonds is 4. The molecular weight excluding hydrogens is 421 g/mol. The van der Waals surface area contributed by atoms with Crippen LogP contribution in [0.15, 0.2) is 59.1 Å². The minimum absolute atomic E-state index is 0.00998. The highest BCUT2D eigenvalue weighted by atomic mass is 32.2. The van der Waals surface area contributed by atoms with Crippen LogP contribution >= 0.6 is 0 Å². The number of carbonyl (C=O) groups excluding carboxylic acids is 1. The first-order valence-corrected chi connectivity index (χ1v) is 11.7. The number of likely N-dealkylation sites (tertiary alicyclic amines) is 1. The molecule has 0 saturated carbocycles. The summed E-state index contributed by atoms with van der Waals surface area (Å²) < 4.78 is 44.1. The van der Waals surface area contributed by atoms with Gasteiger partial charge in [0.15, 0.2) is 9.84 Å². The van der Waals surface area contributed by atoms with E-state index in [1.54, 1.807) is 18.2 Å². The van der Waals surface area contributed by atoms with Crippen LogP contribution in [0.25, 0.3) is 11.4 Å². The van der Waals surface area contributed by atoms with E-state index in [2.05, 4.69) is 10.1 Å². The van der Waals surface area contributed by atoms with Gasteiger partial charge in [-0.3, -0.25) is 4.79 Å². The first kappa shape index (κ1) is 19.9. The highest BCUT2D eigenvalue weighted by Gasteiger charge is 2.64. The average Bonchev–Trinajstić information content (AvgIpc) is 3.31. The van der Waals surface area contributed by atoms with Crippen LogP contribution in [-0.4, -0.2) is 53.0 Å². The zero-order valence-electron chi connectivity index (χ0n) is 16.6. The molecule has 9 heteroatoms. The Morgan fingerprint density at radius 3 is 2.58 bits per heavy atom. The lowest BCUT2D eigenvalue weighted by atomic mass is 9.82. The molecule has 1 aromatic heterocycles. The number of benzene rings is 2. The van der Waals surface area contributed by atoms with Gasteiger partial charge in [-0.1, -0.05) is 53.7 Å². The van der Waals surface area contributed by atoms with Crippen LogP contribution in [-0.2, 0) is 21.1 Å². The van der Waals surface area contributed by atoms with Crippen LogP contribution < -0.4 is 0 Å². The summed E-state index contributed by atoms with van der Waals surface area (Å²) in [5.41, 5.74) is 1.08. The Hall–Kier alpha value is -3.07. The predicted molar refractivity (Wildman–Crippen MR) is 110 cm³/mol. The molecule has 2 aromatic carbocycles. The van der Waals surface area contributed by atoms with Crippen LogP contribution in [0.3, 0.4) is 0 Å². The highest BCUT2D eigenvalue weighted by Crippen LogP contribution is 2.49. The second-order valence-electron chi connectivity index (χ2n) is 8.07. The lowest BCUT2D eigenvalue weighted by Crippen LogP contribution is -2.67. The third-order valence-electron chi connectivity index (χ3n) is 6.27. The number of amides is 1. The van der Waals surface area contributed by atoms with Crippen molar-refractivity contribution in [3.63, 3.8) is 0 Å². The van der Waals surface area contributed by atoms with Gasteiger partial charge >= 0.3 is 0 Å². The topological polar surface area (TPSA) is 93.4 Å². The average molecular weight is 441 g/mol. The lowest BCUT2D eigenvalue weighted by Gasteiger charge is -2.49. The molecule has 3 aromatic rings. The van der Waals surface area contributed by atoms with Gasteiger partial charge in [-0.25, -0.2) is 12.8 Å². The van der Waals surface area contributed by atoms with Crippen molar-refractivity contribution in [1.29, 1.82) is 0 Å². The minimum atomic E-state index is -3.45. The summed E-state index contributed by atoms with van der Waals surface area (Å²) in [4.78, 5) is 18.6. The molecule has 0 bridgehead atoms. The maximum Gasteiger partial charge on any atom is 0.231 e. The van der Waals surface area contributed by atoms with E-state index in [9.17, 15) is 17.6 Å². The molecule has 0 aliphatic carbocycles. The molecule has 1 atom stereocenters. The van der Waals surface area contributed by atoms with Gasteiger partial charge in [-0.2, -0.15) is 4.98 Å². The fraction of sp³-hybridized carbons (Fsp3) is 0.318. The molecule has 2 saturated heterocycles. The number of carbonyl (C=O) groups is 1. The smallest absolute Gasteiger partial charge is 0.231 e. The summed E-state index contributed by atoms with van der Waals surface area (Å²) in [5.74, 6) is -0.525. The molecule has 2 aliphatic rings. The van der Waals surface area contributed by atoms with Crippen LogP contribution in [0.2, 0.25) is 0 Å². The lowest BCUT2D eigenvalue weighted by molar-refractivity contribution is -0.136. The van der Waals surface area contributed by atoms with Crippen molar-refractivity contribution in [2.24, 2.45) is 0 Å². The van der Waals surface area contributed by atoms with Crippen molar-refractivity contribution in [3.8, 4) is 11.4 Å². The largest absolute Gasteiger partial charge is 0.339 e. The van der Waals surface area contributed by atoms with Crippen molar-refractivity contribution in [2.75, 3.05) is 18.8 Å². The first-order valence-electron chi connectivity index (χ1n) is 10.0. The van der Waals surface area contributed by atoms with Crippen molar-refractivity contribution in [1.82, 2.24) is 15.0 Å². The van der Waals surface area contributed by atoms with Crippen molar-refractivity contribution >= 4 is 15.7 Å². The quantitative estimate of drug-likeness (QED) is 0.618. The van der Waals surface area contributed by atoms with Gasteiger partial charge in [0.25, 0.3) is 0 Å². The molecule has 31 heavy (non-hydrogen) atoms. The molecule has 2 fully saturated rings. The van der Waals surface area contributed by atoms with E-state index in [1.807, 2.05) is 30.3 Å². The Bertz CT molecular complexity index is 1240. The first-order chi connectivity index (χ1) is 14.9. The van der Waals surface area contributed by atoms with Gasteiger partial charge < -0.3 is 9.42 Å². The van der Waals surface area contributed by atoms with Crippen molar-refractivity contribution in [2.45, 2.75) is 23.5 Å². The molecule has 7 nitrogen and oxygen atoms in total. The van der Waals surface area contributed by atoms with Gasteiger partial charge in [-0.05, 0) is 18.1 Å². The second kappa shape index (κ2) is 7.26. The number of nitrogens with zero attached hydrogens (tertiary/aromatic N) is 3. The Kier molecular flexibility index (Phi) is 4.65. The molecule has 3 heterocycles. The van der Waals surface area contributed by atoms with E-state index < -0.39 is 26.3 Å². The van der Waals surface area contributed by atoms with Gasteiger partial charge in [0.2, 0.25) is 17.6 Å².